The topological polar surface area (TPSA) is 93.3 Å². The van der Waals surface area contributed by atoms with Gasteiger partial charge in [0.2, 0.25) is 0 Å². The number of non-ortho nitro benzene ring substituents is 1. The Balaban J connectivity index is 2.14. The second-order valence-corrected chi connectivity index (χ2v) is 6.72. The number of halogens is 1. The summed E-state index contributed by atoms with van der Waals surface area (Å²) in [4.78, 5) is 27.1. The van der Waals surface area contributed by atoms with E-state index in [1.807, 2.05) is 18.2 Å². The number of carboxylic acids is 1. The fraction of sp³-hybridized carbons (Fsp3) is 0.0435. The second-order valence-electron chi connectivity index (χ2n) is 6.72. The van der Waals surface area contributed by atoms with Crippen LogP contribution in [0.3, 0.4) is 0 Å². The lowest BCUT2D eigenvalue weighted by Crippen LogP contribution is -2.07. The highest BCUT2D eigenvalue weighted by molar-refractivity contribution is 6.01. The van der Waals surface area contributed by atoms with Crippen LogP contribution in [-0.4, -0.2) is 21.0 Å². The van der Waals surface area contributed by atoms with Crippen molar-refractivity contribution >= 4 is 22.6 Å². The van der Waals surface area contributed by atoms with Gasteiger partial charge in [0.05, 0.1) is 22.6 Å². The lowest BCUT2D eigenvalue weighted by Gasteiger charge is -2.17. The van der Waals surface area contributed by atoms with Gasteiger partial charge in [0.25, 0.3) is 5.69 Å². The number of nitrogens with zero attached hydrogens (tertiary/aromatic N) is 2. The van der Waals surface area contributed by atoms with Crippen LogP contribution in [0, 0.1) is 15.9 Å². The van der Waals surface area contributed by atoms with E-state index in [4.69, 9.17) is 0 Å². The molecule has 0 aliphatic carbocycles. The maximum Gasteiger partial charge on any atom is 0.307 e. The van der Waals surface area contributed by atoms with E-state index in [0.29, 0.717) is 38.9 Å². The summed E-state index contributed by atoms with van der Waals surface area (Å²) < 4.78 is 13.5. The summed E-state index contributed by atoms with van der Waals surface area (Å²) >= 11 is 0. The summed E-state index contributed by atoms with van der Waals surface area (Å²) in [6.45, 7) is 0. The molecule has 0 atom stereocenters. The van der Waals surface area contributed by atoms with Crippen molar-refractivity contribution in [2.75, 3.05) is 0 Å². The third-order valence-electron chi connectivity index (χ3n) is 4.79. The molecule has 6 nitrogen and oxygen atoms in total. The minimum atomic E-state index is -1.07. The smallest absolute Gasteiger partial charge is 0.307 e. The van der Waals surface area contributed by atoms with E-state index in [2.05, 4.69) is 4.98 Å². The largest absolute Gasteiger partial charge is 0.481 e. The van der Waals surface area contributed by atoms with Crippen LogP contribution in [0.25, 0.3) is 33.3 Å². The molecule has 0 radical (unpaired) electrons. The quantitative estimate of drug-likeness (QED) is 0.364. The van der Waals surface area contributed by atoms with E-state index in [-0.39, 0.29) is 12.1 Å². The number of rotatable bonds is 5. The molecular formula is C23H15FN2O4. The highest BCUT2D eigenvalue weighted by atomic mass is 19.1. The molecule has 0 saturated heterocycles. The number of aliphatic carboxylic acids is 1. The first-order valence-corrected chi connectivity index (χ1v) is 9.08. The Kier molecular flexibility index (Phi) is 4.93. The molecule has 7 heteroatoms. The van der Waals surface area contributed by atoms with Gasteiger partial charge in [0.15, 0.2) is 0 Å². The Labute approximate surface area is 170 Å². The van der Waals surface area contributed by atoms with Gasteiger partial charge >= 0.3 is 5.97 Å². The summed E-state index contributed by atoms with van der Waals surface area (Å²) in [5.41, 5.74) is 3.01. The lowest BCUT2D eigenvalue weighted by atomic mass is 9.90. The molecule has 30 heavy (non-hydrogen) atoms. The second kappa shape index (κ2) is 7.71. The van der Waals surface area contributed by atoms with Crippen LogP contribution in [0.5, 0.6) is 0 Å². The number of nitro benzene ring substituents is 1. The Morgan fingerprint density at radius 2 is 1.70 bits per heavy atom. The Morgan fingerprint density at radius 3 is 2.33 bits per heavy atom. The van der Waals surface area contributed by atoms with Gasteiger partial charge in [-0.3, -0.25) is 14.9 Å². The van der Waals surface area contributed by atoms with Crippen LogP contribution in [0.2, 0.25) is 0 Å². The monoisotopic (exact) mass is 402 g/mol. The van der Waals surface area contributed by atoms with Crippen LogP contribution in [-0.2, 0) is 11.2 Å². The van der Waals surface area contributed by atoms with Crippen LogP contribution in [0.15, 0.2) is 72.8 Å². The molecule has 1 heterocycles. The standard InChI is InChI=1S/C23H15FN2O4/c24-16-8-6-15(7-9-16)23-19(13-21(27)28)22(14-4-2-1-3-5-14)18-12-17(26(29)30)10-11-20(18)25-23/h1-12H,13H2,(H,27,28). The van der Waals surface area contributed by atoms with Crippen LogP contribution in [0.1, 0.15) is 5.56 Å². The fourth-order valence-electron chi connectivity index (χ4n) is 3.51. The van der Waals surface area contributed by atoms with Crippen molar-refractivity contribution in [3.05, 3.63) is 94.3 Å². The number of hydrogen-bond donors (Lipinski definition) is 1. The number of pyridine rings is 1. The van der Waals surface area contributed by atoms with E-state index in [1.54, 1.807) is 12.1 Å². The van der Waals surface area contributed by atoms with Crippen LogP contribution < -0.4 is 0 Å². The molecule has 148 valence electrons. The van der Waals surface area contributed by atoms with E-state index in [1.165, 1.54) is 42.5 Å². The first-order valence-electron chi connectivity index (χ1n) is 9.08. The molecule has 0 spiro atoms. The molecular weight excluding hydrogens is 387 g/mol. The average Bonchev–Trinajstić information content (AvgIpc) is 2.73. The number of aromatic nitrogens is 1. The highest BCUT2D eigenvalue weighted by Gasteiger charge is 2.21. The third kappa shape index (κ3) is 3.60. The van der Waals surface area contributed by atoms with Crippen molar-refractivity contribution in [3.63, 3.8) is 0 Å². The number of fused-ring (bicyclic) bond motifs is 1. The number of benzene rings is 3. The minimum Gasteiger partial charge on any atom is -0.481 e. The molecule has 4 aromatic rings. The summed E-state index contributed by atoms with van der Waals surface area (Å²) in [5.74, 6) is -1.49. The number of carbonyl (C=O) groups is 1. The summed E-state index contributed by atoms with van der Waals surface area (Å²) in [6, 6.07) is 19.0. The molecule has 0 saturated carbocycles. The molecule has 0 bridgehead atoms. The zero-order valence-electron chi connectivity index (χ0n) is 15.6. The van der Waals surface area contributed by atoms with E-state index in [9.17, 15) is 24.4 Å². The molecule has 1 aromatic heterocycles. The lowest BCUT2D eigenvalue weighted by molar-refractivity contribution is -0.384. The Bertz CT molecular complexity index is 1270. The third-order valence-corrected chi connectivity index (χ3v) is 4.79. The predicted octanol–water partition coefficient (Wildman–Crippen LogP) is 5.24. The maximum absolute atomic E-state index is 13.5. The number of hydrogen-bond acceptors (Lipinski definition) is 4. The molecule has 3 aromatic carbocycles. The molecule has 4 rings (SSSR count). The molecule has 0 amide bonds. The molecule has 1 N–H and O–H groups in total. The summed E-state index contributed by atoms with van der Waals surface area (Å²) in [6.07, 6.45) is -0.345. The van der Waals surface area contributed by atoms with Crippen LogP contribution >= 0.6 is 0 Å². The van der Waals surface area contributed by atoms with E-state index in [0.717, 1.165) is 0 Å². The highest BCUT2D eigenvalue weighted by Crippen LogP contribution is 2.38. The fourth-order valence-corrected chi connectivity index (χ4v) is 3.51. The van der Waals surface area contributed by atoms with Crippen molar-refractivity contribution in [1.29, 1.82) is 0 Å². The van der Waals surface area contributed by atoms with Gasteiger partial charge in [0.1, 0.15) is 5.82 Å². The summed E-state index contributed by atoms with van der Waals surface area (Å²) in [5, 5.41) is 21.4. The van der Waals surface area contributed by atoms with Gasteiger partial charge in [-0.15, -0.1) is 0 Å². The van der Waals surface area contributed by atoms with Crippen molar-refractivity contribution in [2.45, 2.75) is 6.42 Å². The van der Waals surface area contributed by atoms with Gasteiger partial charge in [-0.1, -0.05) is 30.3 Å². The average molecular weight is 402 g/mol. The summed E-state index contributed by atoms with van der Waals surface area (Å²) in [7, 11) is 0. The van der Waals surface area contributed by atoms with Crippen molar-refractivity contribution in [3.8, 4) is 22.4 Å². The van der Waals surface area contributed by atoms with Crippen LogP contribution in [0.4, 0.5) is 10.1 Å². The van der Waals surface area contributed by atoms with Crippen molar-refractivity contribution < 1.29 is 19.2 Å². The maximum atomic E-state index is 13.5. The zero-order chi connectivity index (χ0) is 21.3. The molecule has 0 fully saturated rings. The van der Waals surface area contributed by atoms with Gasteiger partial charge < -0.3 is 5.11 Å². The van der Waals surface area contributed by atoms with Gasteiger partial charge in [-0.25, -0.2) is 9.37 Å². The SMILES string of the molecule is O=C(O)Cc1c(-c2ccc(F)cc2)nc2ccc([N+](=O)[O-])cc2c1-c1ccccc1. The van der Waals surface area contributed by atoms with Gasteiger partial charge in [-0.05, 0) is 47.0 Å². The van der Waals surface area contributed by atoms with E-state index < -0.39 is 16.7 Å². The molecule has 0 unspecified atom stereocenters. The first-order chi connectivity index (χ1) is 14.4. The van der Waals surface area contributed by atoms with Crippen molar-refractivity contribution in [2.24, 2.45) is 0 Å². The molecule has 0 aliphatic heterocycles. The predicted molar refractivity (Wildman–Crippen MR) is 111 cm³/mol. The van der Waals surface area contributed by atoms with E-state index >= 15 is 0 Å². The number of nitro groups is 1. The zero-order valence-corrected chi connectivity index (χ0v) is 15.6. The Morgan fingerprint density at radius 1 is 1.00 bits per heavy atom. The number of carboxylic acid groups (broad SMARTS) is 1. The van der Waals surface area contributed by atoms with Crippen molar-refractivity contribution in [1.82, 2.24) is 4.98 Å². The normalized spacial score (nSPS) is 10.8. The molecule has 0 aliphatic rings. The first kappa shape index (κ1) is 19.2. The van der Waals surface area contributed by atoms with Gasteiger partial charge in [-0.2, -0.15) is 0 Å². The van der Waals surface area contributed by atoms with Gasteiger partial charge in [0, 0.05) is 23.1 Å². The Hall–Kier alpha value is -4.13. The minimum absolute atomic E-state index is 0.114.